The zero-order valence-corrected chi connectivity index (χ0v) is 22.8. The van der Waals surface area contributed by atoms with Crippen LogP contribution in [0.1, 0.15) is 96.5 Å². The number of phosphoric acid groups is 1. The van der Waals surface area contributed by atoms with E-state index in [0.29, 0.717) is 12.8 Å². The molecule has 0 radical (unpaired) electrons. The number of aliphatic hydroxyl groups is 1. The Morgan fingerprint density at radius 2 is 1.44 bits per heavy atom. The zero-order valence-electron chi connectivity index (χ0n) is 21.9. The molecule has 0 saturated carbocycles. The Bertz CT molecular complexity index is 747. The molecule has 0 bridgehead atoms. The average Bonchev–Trinajstić information content (AvgIpc) is 2.79. The van der Waals surface area contributed by atoms with Gasteiger partial charge in [0.15, 0.2) is 0 Å². The van der Waals surface area contributed by atoms with E-state index in [0.717, 1.165) is 70.4 Å². The number of hydrogen-bond acceptors (Lipinski definition) is 6. The van der Waals surface area contributed by atoms with Crippen molar-refractivity contribution in [2.45, 2.75) is 103 Å². The molecular formula is C26H46NO8P. The fourth-order valence-electron chi connectivity index (χ4n) is 3.66. The minimum absolute atomic E-state index is 0.107. The number of benzene rings is 1. The second kappa shape index (κ2) is 21.3. The highest BCUT2D eigenvalue weighted by atomic mass is 31.2. The van der Waals surface area contributed by atoms with Crippen LogP contribution in [0.5, 0.6) is 5.75 Å². The molecule has 0 spiro atoms. The number of rotatable bonds is 20. The highest BCUT2D eigenvalue weighted by Gasteiger charge is 2.19. The number of nitrogens with one attached hydrogen (secondary N) is 1. The van der Waals surface area contributed by atoms with Crippen LogP contribution < -0.4 is 9.84 Å². The Kier molecular flexibility index (Phi) is 20.3. The summed E-state index contributed by atoms with van der Waals surface area (Å²) < 4.78 is 15.6. The van der Waals surface area contributed by atoms with Crippen molar-refractivity contribution in [1.29, 1.82) is 0 Å². The molecule has 1 aromatic carbocycles. The van der Waals surface area contributed by atoms with Gasteiger partial charge in [-0.3, -0.25) is 19.4 Å². The van der Waals surface area contributed by atoms with Crippen molar-refractivity contribution < 1.29 is 38.7 Å². The van der Waals surface area contributed by atoms with Crippen molar-refractivity contribution in [2.75, 3.05) is 13.2 Å². The molecule has 1 aromatic rings. The lowest BCUT2D eigenvalue weighted by atomic mass is 9.98. The summed E-state index contributed by atoms with van der Waals surface area (Å²) in [5.74, 6) is -0.514. The van der Waals surface area contributed by atoms with Crippen LogP contribution in [0.15, 0.2) is 24.3 Å². The third-order valence-corrected chi connectivity index (χ3v) is 5.93. The highest BCUT2D eigenvalue weighted by Crippen LogP contribution is 2.37. The number of carboxylic acid groups (broad SMARTS) is 1. The fourth-order valence-corrected chi connectivity index (χ4v) is 4.05. The number of Topliss-reactive ketones (excluding diaryl/α,β-unsaturated/α-hetero) is 1. The molecule has 5 N–H and O–H groups in total. The van der Waals surface area contributed by atoms with E-state index in [4.69, 9.17) is 24.8 Å². The number of phosphoric ester groups is 1. The SMILES string of the molecule is CC(=O)O.CCCCCCCNC(Cc1ccc(OP(=O)(O)O)cc1)C(=O)CCCCCCCCO. The van der Waals surface area contributed by atoms with Crippen molar-refractivity contribution in [3.05, 3.63) is 29.8 Å². The van der Waals surface area contributed by atoms with Crippen LogP contribution in [0, 0.1) is 0 Å². The van der Waals surface area contributed by atoms with Gasteiger partial charge >= 0.3 is 7.82 Å². The van der Waals surface area contributed by atoms with Gasteiger partial charge in [-0.15, -0.1) is 0 Å². The molecular weight excluding hydrogens is 485 g/mol. The third kappa shape index (κ3) is 21.5. The third-order valence-electron chi connectivity index (χ3n) is 5.48. The van der Waals surface area contributed by atoms with E-state index in [-0.39, 0.29) is 24.2 Å². The monoisotopic (exact) mass is 531 g/mol. The lowest BCUT2D eigenvalue weighted by Gasteiger charge is -2.18. The lowest BCUT2D eigenvalue weighted by molar-refractivity contribution is -0.134. The number of carbonyl (C=O) groups is 2. The summed E-state index contributed by atoms with van der Waals surface area (Å²) in [6.07, 6.45) is 12.9. The normalized spacial score (nSPS) is 11.9. The second-order valence-corrected chi connectivity index (χ2v) is 10.1. The zero-order chi connectivity index (χ0) is 27.2. The number of unbranched alkanes of at least 4 members (excludes halogenated alkanes) is 9. The first-order valence-electron chi connectivity index (χ1n) is 13.0. The molecule has 0 aliphatic carbocycles. The molecule has 1 unspecified atom stereocenters. The maximum absolute atomic E-state index is 12.9. The van der Waals surface area contributed by atoms with Crippen molar-refractivity contribution in [3.63, 3.8) is 0 Å². The van der Waals surface area contributed by atoms with Crippen molar-refractivity contribution in [3.8, 4) is 5.75 Å². The Labute approximate surface area is 215 Å². The summed E-state index contributed by atoms with van der Waals surface area (Å²) in [4.78, 5) is 39.7. The average molecular weight is 532 g/mol. The van der Waals surface area contributed by atoms with Crippen LogP contribution >= 0.6 is 7.82 Å². The molecule has 0 amide bonds. The van der Waals surface area contributed by atoms with Crippen molar-refractivity contribution in [2.24, 2.45) is 0 Å². The first-order chi connectivity index (χ1) is 17.1. The van der Waals surface area contributed by atoms with Crippen molar-refractivity contribution >= 4 is 19.6 Å². The molecule has 1 atom stereocenters. The van der Waals surface area contributed by atoms with Gasteiger partial charge < -0.3 is 20.1 Å². The molecule has 1 rings (SSSR count). The number of hydrogen-bond donors (Lipinski definition) is 5. The Morgan fingerprint density at radius 3 is 2.00 bits per heavy atom. The molecule has 0 aliphatic rings. The van der Waals surface area contributed by atoms with Crippen molar-refractivity contribution in [1.82, 2.24) is 5.32 Å². The van der Waals surface area contributed by atoms with Crippen LogP contribution in [0.25, 0.3) is 0 Å². The summed E-state index contributed by atoms with van der Waals surface area (Å²) in [6.45, 7) is 4.33. The van der Waals surface area contributed by atoms with Gasteiger partial charge in [0.2, 0.25) is 0 Å². The van der Waals surface area contributed by atoms with Gasteiger partial charge in [-0.25, -0.2) is 4.57 Å². The summed E-state index contributed by atoms with van der Waals surface area (Å²) in [6, 6.07) is 6.27. The molecule has 0 aromatic heterocycles. The van der Waals surface area contributed by atoms with Gasteiger partial charge in [0.25, 0.3) is 5.97 Å². The number of ketones is 1. The number of carbonyl (C=O) groups excluding carboxylic acids is 1. The second-order valence-electron chi connectivity index (χ2n) is 8.93. The van der Waals surface area contributed by atoms with E-state index in [1.807, 2.05) is 0 Å². The standard InChI is InChI=1S/C24H42NO6P.C2H4O2/c1-2-3-4-8-11-18-25-23(24(27)13-10-7-5-6-9-12-19-26)20-21-14-16-22(17-15-21)31-32(28,29)30;1-2(3)4/h14-17,23,25-26H,2-13,18-20H2,1H3,(H2,28,29,30);1H3,(H,3,4). The van der Waals surface area contributed by atoms with Gasteiger partial charge in [0.05, 0.1) is 6.04 Å². The molecule has 0 aliphatic heterocycles. The van der Waals surface area contributed by atoms with Gasteiger partial charge in [-0.2, -0.15) is 0 Å². The Morgan fingerprint density at radius 1 is 0.917 bits per heavy atom. The van der Waals surface area contributed by atoms with E-state index in [2.05, 4.69) is 16.8 Å². The number of aliphatic hydroxyl groups excluding tert-OH is 1. The molecule has 10 heteroatoms. The van der Waals surface area contributed by atoms with Crippen LogP contribution in [0.3, 0.4) is 0 Å². The summed E-state index contributed by atoms with van der Waals surface area (Å²) in [5.41, 5.74) is 0.920. The van der Waals surface area contributed by atoms with Crippen LogP contribution in [-0.2, 0) is 20.6 Å². The highest BCUT2D eigenvalue weighted by molar-refractivity contribution is 7.46. The van der Waals surface area contributed by atoms with Gasteiger partial charge in [-0.1, -0.05) is 70.4 Å². The summed E-state index contributed by atoms with van der Waals surface area (Å²) in [5, 5.41) is 19.7. The van der Waals surface area contributed by atoms with E-state index in [1.165, 1.54) is 31.4 Å². The van der Waals surface area contributed by atoms with Gasteiger partial charge in [0, 0.05) is 20.0 Å². The molecule has 36 heavy (non-hydrogen) atoms. The predicted octanol–water partition coefficient (Wildman–Crippen LogP) is 5.01. The van der Waals surface area contributed by atoms with Crippen LogP contribution in [0.4, 0.5) is 0 Å². The molecule has 9 nitrogen and oxygen atoms in total. The van der Waals surface area contributed by atoms with Gasteiger partial charge in [-0.05, 0) is 49.9 Å². The first kappa shape index (κ1) is 34.2. The maximum atomic E-state index is 12.9. The Balaban J connectivity index is 0.00000283. The van der Waals surface area contributed by atoms with E-state index in [1.54, 1.807) is 12.1 Å². The predicted molar refractivity (Wildman–Crippen MR) is 141 cm³/mol. The lowest BCUT2D eigenvalue weighted by Crippen LogP contribution is -2.39. The summed E-state index contributed by atoms with van der Waals surface area (Å²) >= 11 is 0. The smallest absolute Gasteiger partial charge is 0.481 e. The molecule has 0 fully saturated rings. The van der Waals surface area contributed by atoms with Gasteiger partial charge in [0.1, 0.15) is 11.5 Å². The van der Waals surface area contributed by atoms with Crippen LogP contribution in [-0.4, -0.2) is 50.9 Å². The van der Waals surface area contributed by atoms with E-state index >= 15 is 0 Å². The first-order valence-corrected chi connectivity index (χ1v) is 14.5. The minimum Gasteiger partial charge on any atom is -0.481 e. The Hall–Kier alpha value is -1.77. The van der Waals surface area contributed by atoms with E-state index in [9.17, 15) is 9.36 Å². The number of carboxylic acids is 1. The fraction of sp³-hybridized carbons (Fsp3) is 0.692. The molecule has 208 valence electrons. The quantitative estimate of drug-likeness (QED) is 0.115. The molecule has 0 saturated heterocycles. The molecule has 0 heterocycles. The summed E-state index contributed by atoms with van der Waals surface area (Å²) in [7, 11) is -4.58. The van der Waals surface area contributed by atoms with Crippen LogP contribution in [0.2, 0.25) is 0 Å². The maximum Gasteiger partial charge on any atom is 0.524 e. The van der Waals surface area contributed by atoms with E-state index < -0.39 is 13.8 Å². The topological polar surface area (TPSA) is 153 Å². The minimum atomic E-state index is -4.58. The largest absolute Gasteiger partial charge is 0.524 e. The number of aliphatic carboxylic acids is 1.